The first-order chi connectivity index (χ1) is 20.2. The summed E-state index contributed by atoms with van der Waals surface area (Å²) in [4.78, 5) is 0. The van der Waals surface area contributed by atoms with Crippen molar-refractivity contribution in [2.24, 2.45) is 0 Å². The van der Waals surface area contributed by atoms with Gasteiger partial charge in [0.2, 0.25) is 0 Å². The Morgan fingerprint density at radius 2 is 0.976 bits per heavy atom. The minimum Gasteiger partial charge on any atom is -0.497 e. The zero-order valence-electron chi connectivity index (χ0n) is 23.2. The van der Waals surface area contributed by atoms with Crippen molar-refractivity contribution in [2.45, 2.75) is 12.3 Å². The molecule has 0 saturated heterocycles. The first kappa shape index (κ1) is 24.9. The molecule has 0 heterocycles. The fourth-order valence-electron chi connectivity index (χ4n) is 6.42. The minimum atomic E-state index is -0.452. The van der Waals surface area contributed by atoms with Gasteiger partial charge in [0.25, 0.3) is 0 Å². The van der Waals surface area contributed by atoms with E-state index in [9.17, 15) is 0 Å². The summed E-state index contributed by atoms with van der Waals surface area (Å²) in [5.74, 6) is 2.49. The zero-order valence-corrected chi connectivity index (χ0v) is 23.2. The van der Waals surface area contributed by atoms with Gasteiger partial charge < -0.3 is 9.47 Å². The number of methoxy groups -OCH3 is 1. The van der Waals surface area contributed by atoms with Crippen LogP contribution in [0.2, 0.25) is 0 Å². The average Bonchev–Trinajstić information content (AvgIpc) is 3.33. The highest BCUT2D eigenvalue weighted by molar-refractivity contribution is 5.86. The van der Waals surface area contributed by atoms with E-state index in [2.05, 4.69) is 140 Å². The number of aryl methyl sites for hydroxylation is 1. The molecule has 41 heavy (non-hydrogen) atoms. The average molecular weight is 531 g/mol. The molecule has 6 aromatic rings. The molecule has 198 valence electrons. The molecule has 7 rings (SSSR count). The lowest BCUT2D eigenvalue weighted by Crippen LogP contribution is -2.28. The molecule has 0 amide bonds. The largest absolute Gasteiger partial charge is 0.497 e. The van der Waals surface area contributed by atoms with Crippen LogP contribution in [0.1, 0.15) is 27.8 Å². The molecule has 2 heteroatoms. The highest BCUT2D eigenvalue weighted by Crippen LogP contribution is 2.56. The van der Waals surface area contributed by atoms with Crippen molar-refractivity contribution in [3.63, 3.8) is 0 Å². The van der Waals surface area contributed by atoms with Crippen molar-refractivity contribution in [3.05, 3.63) is 173 Å². The van der Waals surface area contributed by atoms with Crippen LogP contribution in [0.25, 0.3) is 22.3 Å². The standard InChI is InChI=1S/C39H30O2/c1-27-26-33(24-25-34(27)28-10-4-3-5-11-28)41-32-22-18-30(19-23-32)39(29-16-20-31(40-2)21-17-29)37-14-8-6-12-35(37)36-13-7-9-15-38(36)39/h3-26H,1-2H3. The smallest absolute Gasteiger partial charge is 0.127 e. The van der Waals surface area contributed by atoms with Gasteiger partial charge in [-0.3, -0.25) is 0 Å². The Morgan fingerprint density at radius 1 is 0.463 bits per heavy atom. The molecule has 0 bridgehead atoms. The van der Waals surface area contributed by atoms with Gasteiger partial charge in [0.15, 0.2) is 0 Å². The second-order valence-electron chi connectivity index (χ2n) is 10.5. The van der Waals surface area contributed by atoms with Crippen molar-refractivity contribution in [3.8, 4) is 39.5 Å². The van der Waals surface area contributed by atoms with E-state index in [4.69, 9.17) is 9.47 Å². The van der Waals surface area contributed by atoms with Gasteiger partial charge in [-0.25, -0.2) is 0 Å². The summed E-state index contributed by atoms with van der Waals surface area (Å²) in [5, 5.41) is 0. The van der Waals surface area contributed by atoms with E-state index in [1.165, 1.54) is 50.1 Å². The predicted molar refractivity (Wildman–Crippen MR) is 167 cm³/mol. The molecule has 6 aromatic carbocycles. The van der Waals surface area contributed by atoms with Gasteiger partial charge in [-0.05, 0) is 93.4 Å². The van der Waals surface area contributed by atoms with Crippen LogP contribution in [-0.2, 0) is 5.41 Å². The Balaban J connectivity index is 1.30. The van der Waals surface area contributed by atoms with Crippen LogP contribution in [0.5, 0.6) is 17.2 Å². The van der Waals surface area contributed by atoms with Crippen molar-refractivity contribution in [1.82, 2.24) is 0 Å². The van der Waals surface area contributed by atoms with Gasteiger partial charge in [-0.2, -0.15) is 0 Å². The van der Waals surface area contributed by atoms with E-state index in [-0.39, 0.29) is 0 Å². The van der Waals surface area contributed by atoms with Crippen LogP contribution in [0, 0.1) is 6.92 Å². The second-order valence-corrected chi connectivity index (χ2v) is 10.5. The van der Waals surface area contributed by atoms with Gasteiger partial charge in [0.1, 0.15) is 17.2 Å². The molecule has 0 atom stereocenters. The summed E-state index contributed by atoms with van der Waals surface area (Å²) < 4.78 is 11.9. The van der Waals surface area contributed by atoms with Crippen molar-refractivity contribution in [2.75, 3.05) is 7.11 Å². The van der Waals surface area contributed by atoms with Crippen LogP contribution in [0.4, 0.5) is 0 Å². The monoisotopic (exact) mass is 530 g/mol. The van der Waals surface area contributed by atoms with Crippen LogP contribution < -0.4 is 9.47 Å². The summed E-state index contributed by atoms with van der Waals surface area (Å²) in [5.41, 5.74) is 10.7. The Labute approximate surface area is 241 Å². The normalized spacial score (nSPS) is 12.8. The molecule has 0 unspecified atom stereocenters. The number of fused-ring (bicyclic) bond motifs is 3. The molecule has 2 nitrogen and oxygen atoms in total. The highest BCUT2D eigenvalue weighted by atomic mass is 16.5. The van der Waals surface area contributed by atoms with Crippen LogP contribution in [0.15, 0.2) is 146 Å². The maximum absolute atomic E-state index is 6.36. The van der Waals surface area contributed by atoms with Crippen LogP contribution >= 0.6 is 0 Å². The third-order valence-corrected chi connectivity index (χ3v) is 8.28. The fourth-order valence-corrected chi connectivity index (χ4v) is 6.42. The molecule has 1 aliphatic carbocycles. The molecule has 0 spiro atoms. The Kier molecular flexibility index (Phi) is 6.17. The lowest BCUT2D eigenvalue weighted by molar-refractivity contribution is 0.414. The molecule has 0 fully saturated rings. The number of hydrogen-bond acceptors (Lipinski definition) is 2. The Morgan fingerprint density at radius 3 is 1.54 bits per heavy atom. The zero-order chi connectivity index (χ0) is 27.8. The maximum atomic E-state index is 6.36. The lowest BCUT2D eigenvalue weighted by atomic mass is 9.68. The molecule has 0 aromatic heterocycles. The Bertz CT molecular complexity index is 1790. The first-order valence-electron chi connectivity index (χ1n) is 14.0. The van der Waals surface area contributed by atoms with Crippen molar-refractivity contribution in [1.29, 1.82) is 0 Å². The summed E-state index contributed by atoms with van der Waals surface area (Å²) in [6.07, 6.45) is 0. The third-order valence-electron chi connectivity index (χ3n) is 8.28. The Hall–Kier alpha value is -5.08. The molecule has 0 saturated carbocycles. The van der Waals surface area contributed by atoms with E-state index in [1.54, 1.807) is 7.11 Å². The van der Waals surface area contributed by atoms with Gasteiger partial charge in [-0.1, -0.05) is 109 Å². The van der Waals surface area contributed by atoms with Gasteiger partial charge in [0.05, 0.1) is 12.5 Å². The molecule has 0 aliphatic heterocycles. The molecule has 0 N–H and O–H groups in total. The number of hydrogen-bond donors (Lipinski definition) is 0. The third kappa shape index (κ3) is 4.11. The fraction of sp³-hybridized carbons (Fsp3) is 0.0769. The van der Waals surface area contributed by atoms with E-state index < -0.39 is 5.41 Å². The summed E-state index contributed by atoms with van der Waals surface area (Å²) >= 11 is 0. The van der Waals surface area contributed by atoms with E-state index in [0.29, 0.717) is 0 Å². The van der Waals surface area contributed by atoms with Crippen LogP contribution in [-0.4, -0.2) is 7.11 Å². The van der Waals surface area contributed by atoms with Gasteiger partial charge >= 0.3 is 0 Å². The SMILES string of the molecule is COc1ccc(C2(c3ccc(Oc4ccc(-c5ccccc5)c(C)c4)cc3)c3ccccc3-c3ccccc32)cc1. The summed E-state index contributed by atoms with van der Waals surface area (Å²) in [6.45, 7) is 2.13. The van der Waals surface area contributed by atoms with E-state index in [0.717, 1.165) is 17.2 Å². The number of benzene rings is 6. The second kappa shape index (κ2) is 10.1. The molecular weight excluding hydrogens is 500 g/mol. The van der Waals surface area contributed by atoms with Crippen molar-refractivity contribution >= 4 is 0 Å². The van der Waals surface area contributed by atoms with Gasteiger partial charge in [-0.15, -0.1) is 0 Å². The van der Waals surface area contributed by atoms with Crippen molar-refractivity contribution < 1.29 is 9.47 Å². The lowest BCUT2D eigenvalue weighted by Gasteiger charge is -2.34. The van der Waals surface area contributed by atoms with Crippen LogP contribution in [0.3, 0.4) is 0 Å². The summed E-state index contributed by atoms with van der Waals surface area (Å²) in [6, 6.07) is 51.4. The quantitative estimate of drug-likeness (QED) is 0.213. The highest BCUT2D eigenvalue weighted by Gasteiger charge is 2.45. The maximum Gasteiger partial charge on any atom is 0.127 e. The molecule has 1 aliphatic rings. The molecule has 0 radical (unpaired) electrons. The first-order valence-corrected chi connectivity index (χ1v) is 14.0. The van der Waals surface area contributed by atoms with Gasteiger partial charge in [0, 0.05) is 0 Å². The topological polar surface area (TPSA) is 18.5 Å². The predicted octanol–water partition coefficient (Wildman–Crippen LogP) is 9.83. The minimum absolute atomic E-state index is 0.452. The number of rotatable bonds is 6. The van der Waals surface area contributed by atoms with E-state index in [1.807, 2.05) is 12.1 Å². The summed E-state index contributed by atoms with van der Waals surface area (Å²) in [7, 11) is 1.71. The van der Waals surface area contributed by atoms with E-state index >= 15 is 0 Å². The number of ether oxygens (including phenoxy) is 2. The molecular formula is C39H30O2.